The van der Waals surface area contributed by atoms with Crippen molar-refractivity contribution in [1.82, 2.24) is 0 Å². The van der Waals surface area contributed by atoms with Crippen LogP contribution < -0.4 is 5.73 Å². The van der Waals surface area contributed by atoms with Gasteiger partial charge in [0.2, 0.25) is 0 Å². The number of aryl methyl sites for hydroxylation is 1. The van der Waals surface area contributed by atoms with Crippen molar-refractivity contribution in [3.63, 3.8) is 0 Å². The second-order valence-corrected chi connectivity index (χ2v) is 4.68. The van der Waals surface area contributed by atoms with E-state index in [9.17, 15) is 8.60 Å². The molecule has 0 aliphatic rings. The Bertz CT molecular complexity index is 341. The van der Waals surface area contributed by atoms with Gasteiger partial charge in [-0.2, -0.15) is 0 Å². The number of nitrogens with two attached hydrogens (primary N) is 1. The van der Waals surface area contributed by atoms with Gasteiger partial charge >= 0.3 is 0 Å². The molecule has 1 aromatic rings. The molecule has 0 heterocycles. The zero-order valence-electron chi connectivity index (χ0n) is 8.13. The molecule has 1 rings (SSSR count). The Morgan fingerprint density at radius 3 is 2.79 bits per heavy atom. The van der Waals surface area contributed by atoms with Gasteiger partial charge in [-0.3, -0.25) is 8.60 Å². The smallest absolute Gasteiger partial charge is 0.0903 e. The summed E-state index contributed by atoms with van der Waals surface area (Å²) in [7, 11) is -1.10. The number of hydrogen-bond acceptors (Lipinski definition) is 2. The van der Waals surface area contributed by atoms with E-state index in [4.69, 9.17) is 5.73 Å². The topological polar surface area (TPSA) is 43.1 Å². The predicted molar refractivity (Wildman–Crippen MR) is 57.5 cm³/mol. The normalized spacial score (nSPS) is 12.7. The number of hydrogen-bond donors (Lipinski definition) is 1. The molecule has 0 aromatic heterocycles. The molecule has 2 nitrogen and oxygen atoms in total. The first kappa shape index (κ1) is 11.2. The van der Waals surface area contributed by atoms with Crippen molar-refractivity contribution in [2.45, 2.75) is 18.2 Å². The average molecular weight is 215 g/mol. The van der Waals surface area contributed by atoms with Crippen LogP contribution in [-0.4, -0.2) is 16.6 Å². The van der Waals surface area contributed by atoms with Gasteiger partial charge in [0, 0.05) is 16.3 Å². The van der Waals surface area contributed by atoms with E-state index >= 15 is 0 Å². The average Bonchev–Trinajstić information content (AvgIpc) is 2.18. The minimum absolute atomic E-state index is 0.343. The number of alkyl halides is 1. The monoisotopic (exact) mass is 215 g/mol. The van der Waals surface area contributed by atoms with Gasteiger partial charge in [0.1, 0.15) is 0 Å². The van der Waals surface area contributed by atoms with Crippen molar-refractivity contribution in [2.24, 2.45) is 0 Å². The first-order valence-electron chi connectivity index (χ1n) is 4.45. The third-order valence-corrected chi connectivity index (χ3v) is 3.41. The Kier molecular flexibility index (Phi) is 4.07. The molecule has 0 saturated heterocycles. The van der Waals surface area contributed by atoms with Crippen LogP contribution in [0.2, 0.25) is 0 Å². The van der Waals surface area contributed by atoms with E-state index < -0.39 is 17.5 Å². The van der Waals surface area contributed by atoms with E-state index in [1.807, 2.05) is 6.92 Å². The van der Waals surface area contributed by atoms with Crippen molar-refractivity contribution in [3.05, 3.63) is 23.8 Å². The highest BCUT2D eigenvalue weighted by molar-refractivity contribution is 7.85. The Morgan fingerprint density at radius 2 is 2.21 bits per heavy atom. The molecule has 0 saturated carbocycles. The second-order valence-electron chi connectivity index (χ2n) is 3.11. The molecule has 4 heteroatoms. The summed E-state index contributed by atoms with van der Waals surface area (Å²) in [4.78, 5) is 0.727. The number of rotatable bonds is 4. The summed E-state index contributed by atoms with van der Waals surface area (Å²) in [5.74, 6) is 0.375. The van der Waals surface area contributed by atoms with Gasteiger partial charge < -0.3 is 5.73 Å². The Morgan fingerprint density at radius 1 is 1.50 bits per heavy atom. The molecule has 1 atom stereocenters. The van der Waals surface area contributed by atoms with Crippen molar-refractivity contribution >= 4 is 16.5 Å². The van der Waals surface area contributed by atoms with Crippen LogP contribution in [-0.2, 0) is 10.8 Å². The molecule has 78 valence electrons. The predicted octanol–water partition coefficient (Wildman–Crippen LogP) is 2.04. The van der Waals surface area contributed by atoms with Crippen molar-refractivity contribution in [3.8, 4) is 0 Å². The Balaban J connectivity index is 2.76. The molecule has 14 heavy (non-hydrogen) atoms. The first-order chi connectivity index (χ1) is 6.65. The van der Waals surface area contributed by atoms with Gasteiger partial charge in [0.05, 0.1) is 17.5 Å². The third kappa shape index (κ3) is 2.80. The molecule has 0 aliphatic heterocycles. The Hall–Kier alpha value is -0.900. The van der Waals surface area contributed by atoms with Gasteiger partial charge in [0.15, 0.2) is 0 Å². The van der Waals surface area contributed by atoms with E-state index in [0.29, 0.717) is 17.9 Å². The van der Waals surface area contributed by atoms with Crippen molar-refractivity contribution < 1.29 is 8.60 Å². The summed E-state index contributed by atoms with van der Waals surface area (Å²) in [6, 6.07) is 5.26. The van der Waals surface area contributed by atoms with Crippen LogP contribution in [0.3, 0.4) is 0 Å². The molecule has 0 fully saturated rings. The minimum Gasteiger partial charge on any atom is -0.399 e. The maximum absolute atomic E-state index is 11.9. The summed E-state index contributed by atoms with van der Waals surface area (Å²) in [5, 5.41) is 0. The maximum atomic E-state index is 11.9. The summed E-state index contributed by atoms with van der Waals surface area (Å²) in [6.45, 7) is 1.45. The van der Waals surface area contributed by atoms with Crippen molar-refractivity contribution in [2.75, 3.05) is 18.2 Å². The van der Waals surface area contributed by atoms with E-state index in [1.165, 1.54) is 0 Å². The highest BCUT2D eigenvalue weighted by Gasteiger charge is 2.04. The van der Waals surface area contributed by atoms with Crippen LogP contribution in [0, 0.1) is 6.92 Å². The zero-order valence-corrected chi connectivity index (χ0v) is 8.94. The minimum atomic E-state index is -1.10. The first-order valence-corrected chi connectivity index (χ1v) is 5.77. The van der Waals surface area contributed by atoms with Crippen LogP contribution in [0.5, 0.6) is 0 Å². The fraction of sp³-hybridized carbons (Fsp3) is 0.400. The second kappa shape index (κ2) is 5.10. The number of halogens is 1. The summed E-state index contributed by atoms with van der Waals surface area (Å²) < 4.78 is 23.4. The fourth-order valence-corrected chi connectivity index (χ4v) is 2.23. The van der Waals surface area contributed by atoms with Crippen LogP contribution in [0.1, 0.15) is 12.0 Å². The number of nitrogen functional groups attached to an aromatic ring is 1. The van der Waals surface area contributed by atoms with E-state index in [2.05, 4.69) is 0 Å². The van der Waals surface area contributed by atoms with Gasteiger partial charge in [0.25, 0.3) is 0 Å². The zero-order chi connectivity index (χ0) is 10.6. The molecule has 2 N–H and O–H groups in total. The van der Waals surface area contributed by atoms with Gasteiger partial charge in [-0.25, -0.2) is 0 Å². The quantitative estimate of drug-likeness (QED) is 0.781. The molecule has 0 radical (unpaired) electrons. The lowest BCUT2D eigenvalue weighted by Gasteiger charge is -2.04. The van der Waals surface area contributed by atoms with E-state index in [-0.39, 0.29) is 0 Å². The van der Waals surface area contributed by atoms with Gasteiger partial charge in [-0.1, -0.05) is 0 Å². The van der Waals surface area contributed by atoms with Gasteiger partial charge in [-0.15, -0.1) is 0 Å². The number of benzene rings is 1. The maximum Gasteiger partial charge on any atom is 0.0903 e. The third-order valence-electron chi connectivity index (χ3n) is 1.97. The largest absolute Gasteiger partial charge is 0.399 e. The highest BCUT2D eigenvalue weighted by Crippen LogP contribution is 2.16. The lowest BCUT2D eigenvalue weighted by Crippen LogP contribution is -2.00. The lowest BCUT2D eigenvalue weighted by molar-refractivity contribution is 0.488. The van der Waals surface area contributed by atoms with Crippen LogP contribution in [0.4, 0.5) is 10.1 Å². The van der Waals surface area contributed by atoms with Crippen LogP contribution in [0.25, 0.3) is 0 Å². The summed E-state index contributed by atoms with van der Waals surface area (Å²) in [5.41, 5.74) is 7.23. The molecule has 1 unspecified atom stereocenters. The molecule has 0 bridgehead atoms. The Labute approximate surface area is 85.8 Å². The van der Waals surface area contributed by atoms with E-state index in [1.54, 1.807) is 18.2 Å². The summed E-state index contributed by atoms with van der Waals surface area (Å²) >= 11 is 0. The summed E-state index contributed by atoms with van der Waals surface area (Å²) in [6.07, 6.45) is 0.343. The molecule has 0 aliphatic carbocycles. The lowest BCUT2D eigenvalue weighted by atomic mass is 10.2. The molecule has 1 aromatic carbocycles. The molecule has 0 amide bonds. The van der Waals surface area contributed by atoms with Crippen molar-refractivity contribution in [1.29, 1.82) is 0 Å². The molecular formula is C10H14FNOS. The van der Waals surface area contributed by atoms with E-state index in [0.717, 1.165) is 10.5 Å². The van der Waals surface area contributed by atoms with Crippen LogP contribution in [0.15, 0.2) is 23.1 Å². The molecular weight excluding hydrogens is 201 g/mol. The van der Waals surface area contributed by atoms with Crippen LogP contribution >= 0.6 is 0 Å². The molecule has 0 spiro atoms. The highest BCUT2D eigenvalue weighted by atomic mass is 32.2. The SMILES string of the molecule is Cc1cc(S(=O)CCCF)ccc1N. The standard InChI is InChI=1S/C10H14FNOS/c1-8-7-9(3-4-10(8)12)14(13)6-2-5-11/h3-4,7H,2,5-6,12H2,1H3. The number of anilines is 1. The fourth-order valence-electron chi connectivity index (χ4n) is 1.09. The van der Waals surface area contributed by atoms with Gasteiger partial charge in [-0.05, 0) is 37.1 Å².